The summed E-state index contributed by atoms with van der Waals surface area (Å²) in [6, 6.07) is -0.128. The summed E-state index contributed by atoms with van der Waals surface area (Å²) in [6.45, 7) is 11.9. The van der Waals surface area contributed by atoms with Crippen LogP contribution in [0.4, 0.5) is 0 Å². The van der Waals surface area contributed by atoms with Gasteiger partial charge in [-0.05, 0) is 58.8 Å². The number of carbonyl (C=O) groups excluding carboxylic acids is 3. The molecule has 10 nitrogen and oxygen atoms in total. The number of carbonyl (C=O) groups is 3. The first-order valence-corrected chi connectivity index (χ1v) is 17.9. The monoisotopic (exact) mass is 655 g/mol. The van der Waals surface area contributed by atoms with Gasteiger partial charge in [0.25, 0.3) is 0 Å². The summed E-state index contributed by atoms with van der Waals surface area (Å²) < 4.78 is 28.5. The van der Waals surface area contributed by atoms with E-state index in [1.807, 2.05) is 39.2 Å². The standard InChI is InChI=1S/C32H49NO9S2/c1-19(8-11-27-20(2)14-26(23(5)41-27)33-29(35)13-10-21(3)40-24(6)34)9-12-28-31(37)32(18-39-32)16-25(42-28)15-30(36)38-17-22(4)44-43-7/h8-10,12-13,20-23,25-28,31,37H,11,14-18H2,1-7H3,(H,33,35)/b12-9+,13-10-,19-8+/t20-,21-,22+,23+,25+,26+,27-,28+,31+,32+/m0/s1. The van der Waals surface area contributed by atoms with E-state index in [9.17, 15) is 19.5 Å². The highest BCUT2D eigenvalue weighted by molar-refractivity contribution is 8.76. The molecule has 0 aromatic carbocycles. The van der Waals surface area contributed by atoms with Gasteiger partial charge in [-0.2, -0.15) is 0 Å². The zero-order valence-electron chi connectivity index (χ0n) is 26.9. The fraction of sp³-hybridized carbons (Fsp3) is 0.719. The summed E-state index contributed by atoms with van der Waals surface area (Å²) in [5.41, 5.74) is 0.334. The van der Waals surface area contributed by atoms with Crippen molar-refractivity contribution < 1.29 is 43.2 Å². The van der Waals surface area contributed by atoms with Crippen molar-refractivity contribution in [2.24, 2.45) is 5.92 Å². The van der Waals surface area contributed by atoms with E-state index in [0.717, 1.165) is 12.0 Å². The van der Waals surface area contributed by atoms with E-state index in [-0.39, 0.29) is 47.7 Å². The lowest BCUT2D eigenvalue weighted by atomic mass is 9.87. The van der Waals surface area contributed by atoms with Crippen molar-refractivity contribution in [2.75, 3.05) is 19.5 Å². The quantitative estimate of drug-likeness (QED) is 0.0912. The lowest BCUT2D eigenvalue weighted by Crippen LogP contribution is -2.50. The Balaban J connectivity index is 1.49. The Morgan fingerprint density at radius 3 is 2.55 bits per heavy atom. The van der Waals surface area contributed by atoms with Crippen molar-refractivity contribution in [2.45, 2.75) is 121 Å². The third-order valence-corrected chi connectivity index (χ3v) is 10.3. The van der Waals surface area contributed by atoms with E-state index in [1.54, 1.807) is 34.6 Å². The summed E-state index contributed by atoms with van der Waals surface area (Å²) in [5.74, 6) is -0.739. The van der Waals surface area contributed by atoms with Crippen LogP contribution in [0.2, 0.25) is 0 Å². The number of epoxide rings is 1. The van der Waals surface area contributed by atoms with Gasteiger partial charge in [-0.1, -0.05) is 52.3 Å². The number of hydrogen-bond acceptors (Lipinski definition) is 11. The highest BCUT2D eigenvalue weighted by Crippen LogP contribution is 2.43. The van der Waals surface area contributed by atoms with Crippen LogP contribution in [0.1, 0.15) is 67.2 Å². The zero-order chi connectivity index (χ0) is 32.4. The molecule has 0 radical (unpaired) electrons. The lowest BCUT2D eigenvalue weighted by Gasteiger charge is -2.39. The number of esters is 2. The summed E-state index contributed by atoms with van der Waals surface area (Å²) >= 11 is 0. The third-order valence-electron chi connectivity index (χ3n) is 8.06. The van der Waals surface area contributed by atoms with E-state index < -0.39 is 36.0 Å². The van der Waals surface area contributed by atoms with Crippen molar-refractivity contribution in [3.63, 3.8) is 0 Å². The van der Waals surface area contributed by atoms with Gasteiger partial charge in [0, 0.05) is 24.7 Å². The molecule has 3 fully saturated rings. The second kappa shape index (κ2) is 17.2. The number of rotatable bonds is 14. The number of amides is 1. The fourth-order valence-electron chi connectivity index (χ4n) is 5.53. The van der Waals surface area contributed by atoms with Gasteiger partial charge in [-0.25, -0.2) is 0 Å². The van der Waals surface area contributed by atoms with Crippen LogP contribution >= 0.6 is 21.6 Å². The van der Waals surface area contributed by atoms with Crippen LogP contribution < -0.4 is 5.32 Å². The smallest absolute Gasteiger partial charge is 0.308 e. The Bertz CT molecular complexity index is 1080. The van der Waals surface area contributed by atoms with Crippen molar-refractivity contribution in [3.05, 3.63) is 36.0 Å². The molecule has 1 spiro atoms. The van der Waals surface area contributed by atoms with E-state index in [0.29, 0.717) is 26.1 Å². The zero-order valence-corrected chi connectivity index (χ0v) is 28.5. The average molecular weight is 656 g/mol. The molecule has 0 aliphatic carbocycles. The van der Waals surface area contributed by atoms with Crippen molar-refractivity contribution in [1.29, 1.82) is 0 Å². The molecule has 3 heterocycles. The molecule has 0 aromatic rings. The molecule has 0 saturated carbocycles. The fourth-order valence-corrected chi connectivity index (χ4v) is 7.14. The average Bonchev–Trinajstić information content (AvgIpc) is 3.72. The molecule has 0 unspecified atom stereocenters. The minimum Gasteiger partial charge on any atom is -0.464 e. The highest BCUT2D eigenvalue weighted by Gasteiger charge is 2.58. The van der Waals surface area contributed by atoms with E-state index in [4.69, 9.17) is 23.7 Å². The molecule has 12 heteroatoms. The number of hydrogen-bond donors (Lipinski definition) is 2. The number of aliphatic hydroxyl groups is 1. The summed E-state index contributed by atoms with van der Waals surface area (Å²) in [6.07, 6.45) is 10.4. The van der Waals surface area contributed by atoms with Crippen LogP contribution in [0.5, 0.6) is 0 Å². The molecule has 10 atom stereocenters. The third kappa shape index (κ3) is 11.5. The Morgan fingerprint density at radius 1 is 1.16 bits per heavy atom. The molecule has 248 valence electrons. The van der Waals surface area contributed by atoms with Crippen LogP contribution in [-0.2, 0) is 38.1 Å². The molecule has 3 saturated heterocycles. The van der Waals surface area contributed by atoms with E-state index in [2.05, 4.69) is 18.3 Å². The maximum atomic E-state index is 12.5. The minimum absolute atomic E-state index is 0.00637. The van der Waals surface area contributed by atoms with Crippen LogP contribution in [-0.4, -0.2) is 95.9 Å². The Kier molecular flexibility index (Phi) is 14.3. The Hall–Kier alpha value is -1.83. The minimum atomic E-state index is -0.814. The van der Waals surface area contributed by atoms with Gasteiger partial charge >= 0.3 is 11.9 Å². The molecular weight excluding hydrogens is 606 g/mol. The van der Waals surface area contributed by atoms with Crippen LogP contribution in [0.3, 0.4) is 0 Å². The molecular formula is C32H49NO9S2. The predicted octanol–water partition coefficient (Wildman–Crippen LogP) is 4.31. The molecule has 3 aliphatic heterocycles. The topological polar surface area (TPSA) is 133 Å². The van der Waals surface area contributed by atoms with Crippen LogP contribution in [0, 0.1) is 5.92 Å². The van der Waals surface area contributed by atoms with Crippen LogP contribution in [0.25, 0.3) is 0 Å². The Morgan fingerprint density at radius 2 is 1.89 bits per heavy atom. The molecule has 44 heavy (non-hydrogen) atoms. The Labute approximate surface area is 269 Å². The summed E-state index contributed by atoms with van der Waals surface area (Å²) in [7, 11) is 3.30. The van der Waals surface area contributed by atoms with Gasteiger partial charge in [0.05, 0.1) is 37.4 Å². The van der Waals surface area contributed by atoms with Gasteiger partial charge in [0.2, 0.25) is 5.91 Å². The molecule has 0 aromatic heterocycles. The first-order chi connectivity index (χ1) is 20.8. The second-order valence-electron chi connectivity index (χ2n) is 12.1. The van der Waals surface area contributed by atoms with Crippen molar-refractivity contribution in [3.8, 4) is 0 Å². The number of aliphatic hydroxyl groups excluding tert-OH is 1. The molecule has 3 rings (SSSR count). The first kappa shape index (κ1) is 36.6. The molecule has 1 amide bonds. The lowest BCUT2D eigenvalue weighted by molar-refractivity contribution is -0.159. The molecule has 0 bridgehead atoms. The van der Waals surface area contributed by atoms with Gasteiger partial charge < -0.3 is 34.1 Å². The number of ether oxygens (including phenoxy) is 5. The molecule has 3 aliphatic rings. The maximum absolute atomic E-state index is 12.5. The molecule has 2 N–H and O–H groups in total. The maximum Gasteiger partial charge on any atom is 0.308 e. The number of nitrogens with one attached hydrogen (secondary N) is 1. The summed E-state index contributed by atoms with van der Waals surface area (Å²) in [5, 5.41) is 14.1. The second-order valence-corrected chi connectivity index (χ2v) is 15.0. The first-order valence-electron chi connectivity index (χ1n) is 15.3. The number of allylic oxidation sites excluding steroid dienone is 2. The largest absolute Gasteiger partial charge is 0.464 e. The van der Waals surface area contributed by atoms with E-state index in [1.165, 1.54) is 13.0 Å². The van der Waals surface area contributed by atoms with Gasteiger partial charge in [-0.15, -0.1) is 0 Å². The van der Waals surface area contributed by atoms with Crippen LogP contribution in [0.15, 0.2) is 36.0 Å². The van der Waals surface area contributed by atoms with Crippen molar-refractivity contribution >= 4 is 39.4 Å². The van der Waals surface area contributed by atoms with E-state index >= 15 is 0 Å². The van der Waals surface area contributed by atoms with Crippen molar-refractivity contribution in [1.82, 2.24) is 5.32 Å². The normalized spacial score (nSPS) is 33.7. The van der Waals surface area contributed by atoms with Gasteiger partial charge in [0.15, 0.2) is 0 Å². The highest BCUT2D eigenvalue weighted by atomic mass is 33.1. The van der Waals surface area contributed by atoms with Gasteiger partial charge in [0.1, 0.15) is 30.5 Å². The summed E-state index contributed by atoms with van der Waals surface area (Å²) in [4.78, 5) is 35.9. The SMILES string of the molecule is CSS[C@H](C)COC(=O)C[C@@H]1C[C@@]2(CO2)[C@H](O)[C@@H](/C=C/C(C)=C/C[C@@H]2O[C@H](C)[C@H](NC(=O)/C=C\[C@H](C)OC(C)=O)C[C@@H]2C)O1. The van der Waals surface area contributed by atoms with Gasteiger partial charge in [-0.3, -0.25) is 14.4 Å². The predicted molar refractivity (Wildman–Crippen MR) is 172 cm³/mol.